The third-order valence-electron chi connectivity index (χ3n) is 5.98. The molecule has 1 aliphatic carbocycles. The second kappa shape index (κ2) is 12.0. The fraction of sp³-hybridized carbons (Fsp3) is 0.385. The second-order valence-corrected chi connectivity index (χ2v) is 9.60. The lowest BCUT2D eigenvalue weighted by atomic mass is 10.1. The van der Waals surface area contributed by atoms with Crippen molar-refractivity contribution in [2.75, 3.05) is 24.8 Å². The summed E-state index contributed by atoms with van der Waals surface area (Å²) in [5.41, 5.74) is 3.08. The Morgan fingerprint density at radius 3 is 2.69 bits per heavy atom. The van der Waals surface area contributed by atoms with Gasteiger partial charge in [-0.1, -0.05) is 60.5 Å². The summed E-state index contributed by atoms with van der Waals surface area (Å²) in [6, 6.07) is 15.4. The number of para-hydroxylation sites is 1. The summed E-state index contributed by atoms with van der Waals surface area (Å²) in [6.45, 7) is 3.10. The number of nitrogens with one attached hydrogen (secondary N) is 2. The van der Waals surface area contributed by atoms with Gasteiger partial charge in [0, 0.05) is 18.7 Å². The van der Waals surface area contributed by atoms with E-state index < -0.39 is 0 Å². The number of thioether (sulfide) groups is 1. The fourth-order valence-electron chi connectivity index (χ4n) is 4.22. The van der Waals surface area contributed by atoms with Crippen LogP contribution in [0, 0.1) is 6.92 Å². The van der Waals surface area contributed by atoms with Gasteiger partial charge < -0.3 is 15.4 Å². The number of carbonyl (C=O) groups is 2. The standard InChI is InChI=1S/C26H31N5O3S/c1-18-8-7-9-19(16-18)24-29-30-26(31(24)14-15-34-2)35-17-23(32)28-22-13-6-5-12-21(22)25(33)27-20-10-3-4-11-20/h5-9,12-13,16,20H,3-4,10-11,14-15,17H2,1-2H3,(H,27,33)(H,28,32). The van der Waals surface area contributed by atoms with Gasteiger partial charge in [-0.2, -0.15) is 0 Å². The molecule has 184 valence electrons. The number of amides is 2. The van der Waals surface area contributed by atoms with Crippen LogP contribution in [-0.2, 0) is 16.1 Å². The number of rotatable bonds is 10. The van der Waals surface area contributed by atoms with Gasteiger partial charge in [-0.15, -0.1) is 10.2 Å². The molecule has 0 radical (unpaired) electrons. The zero-order valence-corrected chi connectivity index (χ0v) is 20.9. The van der Waals surface area contributed by atoms with Crippen molar-refractivity contribution in [1.29, 1.82) is 0 Å². The largest absolute Gasteiger partial charge is 0.383 e. The lowest BCUT2D eigenvalue weighted by Gasteiger charge is -2.15. The number of nitrogens with zero attached hydrogens (tertiary/aromatic N) is 3. The summed E-state index contributed by atoms with van der Waals surface area (Å²) in [4.78, 5) is 25.6. The minimum absolute atomic E-state index is 0.136. The molecule has 0 unspecified atom stereocenters. The molecule has 9 heteroatoms. The van der Waals surface area contributed by atoms with E-state index in [1.165, 1.54) is 11.8 Å². The summed E-state index contributed by atoms with van der Waals surface area (Å²) < 4.78 is 7.24. The lowest BCUT2D eigenvalue weighted by molar-refractivity contribution is -0.113. The molecule has 1 aromatic heterocycles. The Balaban J connectivity index is 1.43. The van der Waals surface area contributed by atoms with Gasteiger partial charge in [0.05, 0.1) is 30.2 Å². The van der Waals surface area contributed by atoms with E-state index in [1.54, 1.807) is 25.3 Å². The molecule has 0 bridgehead atoms. The van der Waals surface area contributed by atoms with Gasteiger partial charge in [-0.25, -0.2) is 0 Å². The Morgan fingerprint density at radius 1 is 1.11 bits per heavy atom. The van der Waals surface area contributed by atoms with E-state index >= 15 is 0 Å². The molecule has 2 aromatic carbocycles. The Hall–Kier alpha value is -3.17. The van der Waals surface area contributed by atoms with E-state index in [9.17, 15) is 9.59 Å². The molecule has 1 fully saturated rings. The van der Waals surface area contributed by atoms with Crippen LogP contribution in [-0.4, -0.2) is 52.1 Å². The van der Waals surface area contributed by atoms with Gasteiger partial charge in [-0.3, -0.25) is 14.2 Å². The van der Waals surface area contributed by atoms with Gasteiger partial charge in [0.1, 0.15) is 0 Å². The van der Waals surface area contributed by atoms with Crippen LogP contribution >= 0.6 is 11.8 Å². The first kappa shape index (κ1) is 24.9. The van der Waals surface area contributed by atoms with E-state index in [0.717, 1.165) is 42.6 Å². The van der Waals surface area contributed by atoms with Crippen molar-refractivity contribution in [3.05, 3.63) is 59.7 Å². The van der Waals surface area contributed by atoms with Crippen molar-refractivity contribution in [3.63, 3.8) is 0 Å². The highest BCUT2D eigenvalue weighted by Crippen LogP contribution is 2.25. The smallest absolute Gasteiger partial charge is 0.253 e. The van der Waals surface area contributed by atoms with E-state index in [0.29, 0.717) is 29.6 Å². The molecule has 0 spiro atoms. The van der Waals surface area contributed by atoms with Crippen molar-refractivity contribution in [2.45, 2.75) is 50.4 Å². The zero-order chi connectivity index (χ0) is 24.6. The zero-order valence-electron chi connectivity index (χ0n) is 20.1. The van der Waals surface area contributed by atoms with Gasteiger partial charge in [0.25, 0.3) is 5.91 Å². The molecule has 2 amide bonds. The minimum atomic E-state index is -0.213. The topological polar surface area (TPSA) is 98.1 Å². The molecule has 2 N–H and O–H groups in total. The number of methoxy groups -OCH3 is 1. The molecule has 1 heterocycles. The summed E-state index contributed by atoms with van der Waals surface area (Å²) in [6.07, 6.45) is 4.29. The predicted molar refractivity (Wildman–Crippen MR) is 138 cm³/mol. The van der Waals surface area contributed by atoms with Crippen LogP contribution in [0.2, 0.25) is 0 Å². The predicted octanol–water partition coefficient (Wildman–Crippen LogP) is 4.30. The molecule has 1 aliphatic rings. The molecule has 1 saturated carbocycles. The number of hydrogen-bond acceptors (Lipinski definition) is 6. The summed E-state index contributed by atoms with van der Waals surface area (Å²) in [7, 11) is 1.65. The molecule has 0 atom stereocenters. The molecule has 3 aromatic rings. The maximum atomic E-state index is 12.8. The molecular weight excluding hydrogens is 462 g/mol. The fourth-order valence-corrected chi connectivity index (χ4v) is 4.98. The van der Waals surface area contributed by atoms with E-state index in [-0.39, 0.29) is 23.6 Å². The number of benzene rings is 2. The first-order valence-corrected chi connectivity index (χ1v) is 12.9. The van der Waals surface area contributed by atoms with E-state index in [1.807, 2.05) is 35.8 Å². The van der Waals surface area contributed by atoms with Gasteiger partial charge in [0.15, 0.2) is 11.0 Å². The number of carbonyl (C=O) groups excluding carboxylic acids is 2. The second-order valence-electron chi connectivity index (χ2n) is 8.66. The van der Waals surface area contributed by atoms with Crippen LogP contribution in [0.5, 0.6) is 0 Å². The first-order chi connectivity index (χ1) is 17.0. The SMILES string of the molecule is COCCn1c(SCC(=O)Nc2ccccc2C(=O)NC2CCCC2)nnc1-c1cccc(C)c1. The number of aromatic nitrogens is 3. The van der Waals surface area contributed by atoms with Crippen LogP contribution in [0.1, 0.15) is 41.6 Å². The van der Waals surface area contributed by atoms with E-state index in [4.69, 9.17) is 4.74 Å². The van der Waals surface area contributed by atoms with Crippen LogP contribution in [0.25, 0.3) is 11.4 Å². The summed E-state index contributed by atoms with van der Waals surface area (Å²) in [5, 5.41) is 15.3. The molecule has 8 nitrogen and oxygen atoms in total. The highest BCUT2D eigenvalue weighted by Gasteiger charge is 2.21. The van der Waals surface area contributed by atoms with Crippen molar-refractivity contribution in [1.82, 2.24) is 20.1 Å². The Morgan fingerprint density at radius 2 is 1.91 bits per heavy atom. The Labute approximate surface area is 209 Å². The van der Waals surface area contributed by atoms with Crippen LogP contribution in [0.4, 0.5) is 5.69 Å². The number of aryl methyl sites for hydroxylation is 1. The number of ether oxygens (including phenoxy) is 1. The highest BCUT2D eigenvalue weighted by molar-refractivity contribution is 7.99. The monoisotopic (exact) mass is 493 g/mol. The van der Waals surface area contributed by atoms with Crippen LogP contribution in [0.3, 0.4) is 0 Å². The maximum Gasteiger partial charge on any atom is 0.253 e. The molecule has 35 heavy (non-hydrogen) atoms. The maximum absolute atomic E-state index is 12.8. The minimum Gasteiger partial charge on any atom is -0.383 e. The molecule has 4 rings (SSSR count). The van der Waals surface area contributed by atoms with Crippen molar-refractivity contribution in [3.8, 4) is 11.4 Å². The van der Waals surface area contributed by atoms with Crippen LogP contribution < -0.4 is 10.6 Å². The number of anilines is 1. The molecular formula is C26H31N5O3S. The first-order valence-electron chi connectivity index (χ1n) is 11.9. The van der Waals surface area contributed by atoms with Crippen LogP contribution in [0.15, 0.2) is 53.7 Å². The third-order valence-corrected chi connectivity index (χ3v) is 6.95. The quantitative estimate of drug-likeness (QED) is 0.409. The highest BCUT2D eigenvalue weighted by atomic mass is 32.2. The van der Waals surface area contributed by atoms with E-state index in [2.05, 4.69) is 26.9 Å². The number of hydrogen-bond donors (Lipinski definition) is 2. The summed E-state index contributed by atoms with van der Waals surface area (Å²) >= 11 is 1.31. The lowest BCUT2D eigenvalue weighted by Crippen LogP contribution is -2.33. The van der Waals surface area contributed by atoms with Gasteiger partial charge in [-0.05, 0) is 38.0 Å². The molecule has 0 aliphatic heterocycles. The average molecular weight is 494 g/mol. The van der Waals surface area contributed by atoms with Crippen molar-refractivity contribution < 1.29 is 14.3 Å². The van der Waals surface area contributed by atoms with Gasteiger partial charge >= 0.3 is 0 Å². The van der Waals surface area contributed by atoms with Gasteiger partial charge in [0.2, 0.25) is 5.91 Å². The van der Waals surface area contributed by atoms with Crippen molar-refractivity contribution in [2.24, 2.45) is 0 Å². The van der Waals surface area contributed by atoms with Crippen molar-refractivity contribution >= 4 is 29.3 Å². The Bertz CT molecular complexity index is 1170. The normalized spacial score (nSPS) is 13.7. The Kier molecular flexibility index (Phi) is 8.54. The third kappa shape index (κ3) is 6.49. The molecule has 0 saturated heterocycles. The summed E-state index contributed by atoms with van der Waals surface area (Å²) in [5.74, 6) is 0.511. The average Bonchev–Trinajstić information content (AvgIpc) is 3.51.